The van der Waals surface area contributed by atoms with Crippen molar-refractivity contribution >= 4 is 39.7 Å². The average Bonchev–Trinajstić information content (AvgIpc) is 3.17. The van der Waals surface area contributed by atoms with E-state index in [1.165, 1.54) is 11.3 Å². The Balaban J connectivity index is 1.39. The van der Waals surface area contributed by atoms with Gasteiger partial charge in [0.2, 0.25) is 5.91 Å². The number of thiophene rings is 1. The standard InChI is InChI=1S/C20H23N3O3S2/c1-26-15-8-6-14(7-9-15)13-21-17(24)5-3-2-4-11-23-19(25)18-16(10-12-28-18)22-20(23)27/h6-10,12H,2-5,11,13H2,1H3,(H,21,24)(H,22,27). The van der Waals surface area contributed by atoms with Gasteiger partial charge in [0.05, 0.1) is 12.6 Å². The zero-order chi connectivity index (χ0) is 19.9. The molecule has 0 saturated carbocycles. The van der Waals surface area contributed by atoms with Gasteiger partial charge in [-0.25, -0.2) is 0 Å². The minimum Gasteiger partial charge on any atom is -0.497 e. The van der Waals surface area contributed by atoms with Gasteiger partial charge in [-0.3, -0.25) is 14.2 Å². The first-order chi connectivity index (χ1) is 13.6. The lowest BCUT2D eigenvalue weighted by Crippen LogP contribution is -2.22. The summed E-state index contributed by atoms with van der Waals surface area (Å²) < 4.78 is 7.88. The number of nitrogens with zero attached hydrogens (tertiary/aromatic N) is 1. The Morgan fingerprint density at radius 2 is 2.00 bits per heavy atom. The third-order valence-corrected chi connectivity index (χ3v) is 5.75. The number of aromatic amines is 1. The number of hydrogen-bond donors (Lipinski definition) is 2. The highest BCUT2D eigenvalue weighted by atomic mass is 32.1. The van der Waals surface area contributed by atoms with Crippen molar-refractivity contribution in [2.75, 3.05) is 7.11 Å². The number of carbonyl (C=O) groups is 1. The second kappa shape index (κ2) is 9.66. The molecule has 0 atom stereocenters. The summed E-state index contributed by atoms with van der Waals surface area (Å²) >= 11 is 6.71. The number of benzene rings is 1. The quantitative estimate of drug-likeness (QED) is 0.407. The van der Waals surface area contributed by atoms with Crippen LogP contribution in [-0.2, 0) is 17.9 Å². The zero-order valence-corrected chi connectivity index (χ0v) is 17.3. The predicted molar refractivity (Wildman–Crippen MR) is 115 cm³/mol. The fourth-order valence-corrected chi connectivity index (χ4v) is 4.02. The van der Waals surface area contributed by atoms with Gasteiger partial charge in [0.25, 0.3) is 5.56 Å². The van der Waals surface area contributed by atoms with E-state index >= 15 is 0 Å². The summed E-state index contributed by atoms with van der Waals surface area (Å²) in [6.45, 7) is 1.07. The van der Waals surface area contributed by atoms with E-state index in [1.54, 1.807) is 11.7 Å². The number of aromatic nitrogens is 2. The molecule has 0 aliphatic rings. The van der Waals surface area contributed by atoms with E-state index in [-0.39, 0.29) is 11.5 Å². The number of fused-ring (bicyclic) bond motifs is 1. The van der Waals surface area contributed by atoms with Crippen molar-refractivity contribution in [2.24, 2.45) is 0 Å². The number of methoxy groups -OCH3 is 1. The molecule has 0 radical (unpaired) electrons. The Labute approximate surface area is 172 Å². The van der Waals surface area contributed by atoms with Gasteiger partial charge in [-0.15, -0.1) is 11.3 Å². The molecular formula is C20H23N3O3S2. The maximum absolute atomic E-state index is 12.5. The minimum absolute atomic E-state index is 0.0327. The van der Waals surface area contributed by atoms with Crippen LogP contribution in [0.2, 0.25) is 0 Å². The second-order valence-corrected chi connectivity index (χ2v) is 7.79. The van der Waals surface area contributed by atoms with Crippen molar-refractivity contribution in [1.82, 2.24) is 14.9 Å². The number of unbranched alkanes of at least 4 members (excludes halogenated alkanes) is 2. The van der Waals surface area contributed by atoms with E-state index in [4.69, 9.17) is 17.0 Å². The van der Waals surface area contributed by atoms with Crippen molar-refractivity contribution in [1.29, 1.82) is 0 Å². The van der Waals surface area contributed by atoms with Crippen LogP contribution in [0, 0.1) is 4.77 Å². The van der Waals surface area contributed by atoms with E-state index in [1.807, 2.05) is 35.7 Å². The molecule has 2 N–H and O–H groups in total. The van der Waals surface area contributed by atoms with Crippen molar-refractivity contribution in [3.63, 3.8) is 0 Å². The largest absolute Gasteiger partial charge is 0.497 e. The van der Waals surface area contributed by atoms with E-state index in [0.717, 1.165) is 36.1 Å². The van der Waals surface area contributed by atoms with Crippen LogP contribution in [0.25, 0.3) is 10.2 Å². The molecule has 1 aromatic carbocycles. The molecule has 6 nitrogen and oxygen atoms in total. The molecule has 0 saturated heterocycles. The molecule has 0 aliphatic heterocycles. The van der Waals surface area contributed by atoms with Gasteiger partial charge in [-0.05, 0) is 54.2 Å². The summed E-state index contributed by atoms with van der Waals surface area (Å²) in [6, 6.07) is 9.49. The Bertz CT molecular complexity index is 1050. The van der Waals surface area contributed by atoms with Crippen molar-refractivity contribution in [3.05, 3.63) is 56.4 Å². The number of nitrogens with one attached hydrogen (secondary N) is 2. The molecular weight excluding hydrogens is 394 g/mol. The highest BCUT2D eigenvalue weighted by Gasteiger charge is 2.07. The Morgan fingerprint density at radius 3 is 2.75 bits per heavy atom. The van der Waals surface area contributed by atoms with Crippen LogP contribution < -0.4 is 15.6 Å². The summed E-state index contributed by atoms with van der Waals surface area (Å²) in [6.07, 6.45) is 2.92. The predicted octanol–water partition coefficient (Wildman–Crippen LogP) is 4.01. The highest BCUT2D eigenvalue weighted by Crippen LogP contribution is 2.14. The summed E-state index contributed by atoms with van der Waals surface area (Å²) in [5.41, 5.74) is 1.79. The van der Waals surface area contributed by atoms with Gasteiger partial charge in [0.1, 0.15) is 10.4 Å². The normalized spacial score (nSPS) is 10.9. The SMILES string of the molecule is COc1ccc(CNC(=O)CCCCCn2c(=S)[nH]c3ccsc3c2=O)cc1. The van der Waals surface area contributed by atoms with Gasteiger partial charge in [0.15, 0.2) is 4.77 Å². The monoisotopic (exact) mass is 417 g/mol. The molecule has 1 amide bonds. The number of H-pyrrole nitrogens is 1. The van der Waals surface area contributed by atoms with Crippen LogP contribution in [0.5, 0.6) is 5.75 Å². The summed E-state index contributed by atoms with van der Waals surface area (Å²) in [5.74, 6) is 0.831. The topological polar surface area (TPSA) is 76.1 Å². The van der Waals surface area contributed by atoms with Gasteiger partial charge in [-0.1, -0.05) is 18.6 Å². The second-order valence-electron chi connectivity index (χ2n) is 6.49. The maximum Gasteiger partial charge on any atom is 0.272 e. The zero-order valence-electron chi connectivity index (χ0n) is 15.7. The van der Waals surface area contributed by atoms with Gasteiger partial charge >= 0.3 is 0 Å². The fraction of sp³-hybridized carbons (Fsp3) is 0.350. The molecule has 3 aromatic rings. The van der Waals surface area contributed by atoms with Gasteiger partial charge in [0, 0.05) is 19.5 Å². The van der Waals surface area contributed by atoms with Crippen LogP contribution in [0.15, 0.2) is 40.5 Å². The van der Waals surface area contributed by atoms with Crippen molar-refractivity contribution in [3.8, 4) is 5.75 Å². The first kappa shape index (κ1) is 20.3. The number of rotatable bonds is 9. The molecule has 2 heterocycles. The lowest BCUT2D eigenvalue weighted by atomic mass is 10.1. The molecule has 8 heteroatoms. The molecule has 0 unspecified atom stereocenters. The molecule has 0 spiro atoms. The molecule has 2 aromatic heterocycles. The first-order valence-electron chi connectivity index (χ1n) is 9.18. The Hall–Kier alpha value is -2.45. The third kappa shape index (κ3) is 5.08. The van der Waals surface area contributed by atoms with E-state index in [2.05, 4.69) is 10.3 Å². The fourth-order valence-electron chi connectivity index (χ4n) is 2.94. The minimum atomic E-state index is -0.0361. The third-order valence-electron chi connectivity index (χ3n) is 4.53. The average molecular weight is 418 g/mol. The molecule has 0 aliphatic carbocycles. The van der Waals surface area contributed by atoms with E-state index in [0.29, 0.717) is 29.0 Å². The maximum atomic E-state index is 12.5. The number of carbonyl (C=O) groups excluding carboxylic acids is 1. The molecule has 0 bridgehead atoms. The van der Waals surface area contributed by atoms with Gasteiger partial charge in [-0.2, -0.15) is 0 Å². The van der Waals surface area contributed by atoms with Crippen LogP contribution in [-0.4, -0.2) is 22.6 Å². The molecule has 148 valence electrons. The molecule has 28 heavy (non-hydrogen) atoms. The van der Waals surface area contributed by atoms with Crippen LogP contribution in [0.3, 0.4) is 0 Å². The molecule has 0 fully saturated rings. The van der Waals surface area contributed by atoms with Gasteiger partial charge < -0.3 is 15.0 Å². The van der Waals surface area contributed by atoms with Crippen LogP contribution >= 0.6 is 23.6 Å². The summed E-state index contributed by atoms with van der Waals surface area (Å²) in [5, 5.41) is 4.81. The molecule has 3 rings (SSSR count). The smallest absolute Gasteiger partial charge is 0.272 e. The first-order valence-corrected chi connectivity index (χ1v) is 10.5. The summed E-state index contributed by atoms with van der Waals surface area (Å²) in [4.78, 5) is 27.5. The van der Waals surface area contributed by atoms with Crippen molar-refractivity contribution in [2.45, 2.75) is 38.8 Å². The Kier molecular flexibility index (Phi) is 7.00. The lowest BCUT2D eigenvalue weighted by molar-refractivity contribution is -0.121. The van der Waals surface area contributed by atoms with Crippen LogP contribution in [0.1, 0.15) is 31.2 Å². The summed E-state index contributed by atoms with van der Waals surface area (Å²) in [7, 11) is 1.63. The highest BCUT2D eigenvalue weighted by molar-refractivity contribution is 7.71. The lowest BCUT2D eigenvalue weighted by Gasteiger charge is -2.08. The van der Waals surface area contributed by atoms with E-state index in [9.17, 15) is 9.59 Å². The van der Waals surface area contributed by atoms with Crippen molar-refractivity contribution < 1.29 is 9.53 Å². The number of ether oxygens (including phenoxy) is 1. The number of amides is 1. The Morgan fingerprint density at radius 1 is 1.21 bits per heavy atom. The van der Waals surface area contributed by atoms with E-state index < -0.39 is 0 Å². The number of hydrogen-bond acceptors (Lipinski definition) is 5. The van der Waals surface area contributed by atoms with Crippen LogP contribution in [0.4, 0.5) is 0 Å².